The molecule has 60 valence electrons. The standard InChI is InChI=1S/C8H9ClO2/c9-8(11)7-4-2-1-3-6(7)5-10/h4-5,10H,1-3H2/b6-5-. The number of aliphatic hydroxyl groups is 1. The van der Waals surface area contributed by atoms with Gasteiger partial charge in [-0.1, -0.05) is 6.08 Å². The average molecular weight is 173 g/mol. The van der Waals surface area contributed by atoms with Crippen molar-refractivity contribution in [2.75, 3.05) is 0 Å². The summed E-state index contributed by atoms with van der Waals surface area (Å²) in [4.78, 5) is 10.7. The van der Waals surface area contributed by atoms with E-state index in [0.717, 1.165) is 25.5 Å². The fourth-order valence-corrected chi connectivity index (χ4v) is 1.34. The van der Waals surface area contributed by atoms with E-state index in [1.165, 1.54) is 0 Å². The highest BCUT2D eigenvalue weighted by molar-refractivity contribution is 6.68. The lowest BCUT2D eigenvalue weighted by Crippen LogP contribution is -2.02. The maximum Gasteiger partial charge on any atom is 0.252 e. The number of allylic oxidation sites excluding steroid dienone is 3. The number of halogens is 1. The van der Waals surface area contributed by atoms with Crippen LogP contribution in [0.4, 0.5) is 0 Å². The van der Waals surface area contributed by atoms with E-state index in [2.05, 4.69) is 0 Å². The molecule has 0 aromatic carbocycles. The Hall–Kier alpha value is -0.760. The minimum Gasteiger partial charge on any atom is -0.515 e. The molecule has 0 atom stereocenters. The predicted molar refractivity (Wildman–Crippen MR) is 43.5 cm³/mol. The number of hydrogen-bond acceptors (Lipinski definition) is 2. The van der Waals surface area contributed by atoms with Gasteiger partial charge in [0.25, 0.3) is 5.24 Å². The highest BCUT2D eigenvalue weighted by Crippen LogP contribution is 2.24. The van der Waals surface area contributed by atoms with Crippen molar-refractivity contribution in [1.82, 2.24) is 0 Å². The summed E-state index contributed by atoms with van der Waals surface area (Å²) in [6.45, 7) is 0. The molecule has 1 N–H and O–H groups in total. The van der Waals surface area contributed by atoms with E-state index in [-0.39, 0.29) is 0 Å². The Morgan fingerprint density at radius 3 is 2.91 bits per heavy atom. The lowest BCUT2D eigenvalue weighted by Gasteiger charge is -2.11. The minimum atomic E-state index is -0.481. The molecular formula is C8H9ClO2. The van der Waals surface area contributed by atoms with Gasteiger partial charge in [0.05, 0.1) is 6.26 Å². The maximum absolute atomic E-state index is 10.7. The Bertz CT molecular complexity index is 228. The fraction of sp³-hybridized carbons (Fsp3) is 0.375. The van der Waals surface area contributed by atoms with Crippen molar-refractivity contribution in [1.29, 1.82) is 0 Å². The summed E-state index contributed by atoms with van der Waals surface area (Å²) < 4.78 is 0. The van der Waals surface area contributed by atoms with E-state index < -0.39 is 5.24 Å². The SMILES string of the molecule is O=C(Cl)C1=CCCC/C1=C/O. The van der Waals surface area contributed by atoms with Crippen LogP contribution in [0.3, 0.4) is 0 Å². The zero-order valence-corrected chi connectivity index (χ0v) is 6.77. The Morgan fingerprint density at radius 1 is 1.73 bits per heavy atom. The lowest BCUT2D eigenvalue weighted by atomic mass is 9.95. The second-order valence-electron chi connectivity index (χ2n) is 2.44. The molecule has 0 aromatic rings. The third-order valence-electron chi connectivity index (χ3n) is 1.71. The molecule has 0 aliphatic heterocycles. The number of hydrogen-bond donors (Lipinski definition) is 1. The zero-order valence-electron chi connectivity index (χ0n) is 6.01. The molecule has 0 spiro atoms. The highest BCUT2D eigenvalue weighted by atomic mass is 35.5. The van der Waals surface area contributed by atoms with Crippen LogP contribution in [0.1, 0.15) is 19.3 Å². The molecule has 2 nitrogen and oxygen atoms in total. The van der Waals surface area contributed by atoms with E-state index in [0.29, 0.717) is 11.1 Å². The summed E-state index contributed by atoms with van der Waals surface area (Å²) in [6.07, 6.45) is 5.30. The van der Waals surface area contributed by atoms with Crippen LogP contribution in [0, 0.1) is 0 Å². The van der Waals surface area contributed by atoms with Crippen molar-refractivity contribution >= 4 is 16.8 Å². The van der Waals surface area contributed by atoms with Gasteiger partial charge in [-0.05, 0) is 36.4 Å². The predicted octanol–water partition coefficient (Wildman–Crippen LogP) is 2.30. The van der Waals surface area contributed by atoms with Gasteiger partial charge in [0.15, 0.2) is 0 Å². The summed E-state index contributed by atoms with van der Waals surface area (Å²) in [6, 6.07) is 0. The van der Waals surface area contributed by atoms with Crippen LogP contribution in [0.2, 0.25) is 0 Å². The van der Waals surface area contributed by atoms with Crippen LogP contribution in [0.25, 0.3) is 0 Å². The lowest BCUT2D eigenvalue weighted by molar-refractivity contribution is -0.108. The molecule has 1 aliphatic carbocycles. The second-order valence-corrected chi connectivity index (χ2v) is 2.78. The largest absolute Gasteiger partial charge is 0.515 e. The second kappa shape index (κ2) is 3.58. The Labute approximate surface area is 70.2 Å². The average Bonchev–Trinajstić information content (AvgIpc) is 2.04. The zero-order chi connectivity index (χ0) is 8.27. The van der Waals surface area contributed by atoms with Gasteiger partial charge in [-0.15, -0.1) is 0 Å². The van der Waals surface area contributed by atoms with Gasteiger partial charge in [-0.25, -0.2) is 0 Å². The molecule has 0 amide bonds. The van der Waals surface area contributed by atoms with Gasteiger partial charge in [0.2, 0.25) is 0 Å². The first-order valence-corrected chi connectivity index (χ1v) is 3.87. The van der Waals surface area contributed by atoms with Crippen molar-refractivity contribution in [3.05, 3.63) is 23.5 Å². The third-order valence-corrected chi connectivity index (χ3v) is 1.92. The molecule has 0 heterocycles. The molecule has 0 unspecified atom stereocenters. The summed E-state index contributed by atoms with van der Waals surface area (Å²) in [7, 11) is 0. The number of rotatable bonds is 1. The molecule has 0 fully saturated rings. The van der Waals surface area contributed by atoms with Crippen molar-refractivity contribution in [3.8, 4) is 0 Å². The van der Waals surface area contributed by atoms with Crippen LogP contribution >= 0.6 is 11.6 Å². The van der Waals surface area contributed by atoms with Crippen molar-refractivity contribution in [2.45, 2.75) is 19.3 Å². The number of carbonyl (C=O) groups is 1. The summed E-state index contributed by atoms with van der Waals surface area (Å²) in [5, 5.41) is 8.22. The molecular weight excluding hydrogens is 164 g/mol. The van der Waals surface area contributed by atoms with Gasteiger partial charge >= 0.3 is 0 Å². The van der Waals surface area contributed by atoms with Gasteiger partial charge in [-0.2, -0.15) is 0 Å². The van der Waals surface area contributed by atoms with Crippen LogP contribution in [0.15, 0.2) is 23.5 Å². The number of carbonyl (C=O) groups excluding carboxylic acids is 1. The molecule has 1 aliphatic rings. The van der Waals surface area contributed by atoms with Gasteiger partial charge in [-0.3, -0.25) is 4.79 Å². The summed E-state index contributed by atoms with van der Waals surface area (Å²) in [5.74, 6) is 0. The molecule has 0 saturated carbocycles. The third kappa shape index (κ3) is 1.84. The Morgan fingerprint density at radius 2 is 2.45 bits per heavy atom. The van der Waals surface area contributed by atoms with Crippen LogP contribution in [-0.4, -0.2) is 10.3 Å². The van der Waals surface area contributed by atoms with E-state index in [1.807, 2.05) is 0 Å². The van der Waals surface area contributed by atoms with E-state index in [4.69, 9.17) is 16.7 Å². The number of aliphatic hydroxyl groups excluding tert-OH is 1. The van der Waals surface area contributed by atoms with E-state index >= 15 is 0 Å². The smallest absolute Gasteiger partial charge is 0.252 e. The normalized spacial score (nSPS) is 21.5. The topological polar surface area (TPSA) is 37.3 Å². The molecule has 0 saturated heterocycles. The van der Waals surface area contributed by atoms with Crippen LogP contribution in [0.5, 0.6) is 0 Å². The summed E-state index contributed by atoms with van der Waals surface area (Å²) >= 11 is 5.27. The van der Waals surface area contributed by atoms with Crippen molar-refractivity contribution in [3.63, 3.8) is 0 Å². The Kier molecular flexibility index (Phi) is 2.71. The molecule has 0 radical (unpaired) electrons. The van der Waals surface area contributed by atoms with Gasteiger partial charge in [0, 0.05) is 5.57 Å². The molecule has 11 heavy (non-hydrogen) atoms. The minimum absolute atomic E-state index is 0.459. The van der Waals surface area contributed by atoms with E-state index in [9.17, 15) is 4.79 Å². The fourth-order valence-electron chi connectivity index (χ4n) is 1.15. The van der Waals surface area contributed by atoms with Crippen molar-refractivity contribution < 1.29 is 9.90 Å². The highest BCUT2D eigenvalue weighted by Gasteiger charge is 2.15. The molecule has 1 rings (SSSR count). The monoisotopic (exact) mass is 172 g/mol. The first-order valence-electron chi connectivity index (χ1n) is 3.49. The van der Waals surface area contributed by atoms with Crippen LogP contribution in [-0.2, 0) is 4.79 Å². The van der Waals surface area contributed by atoms with Gasteiger partial charge in [0.1, 0.15) is 0 Å². The molecule has 0 aromatic heterocycles. The van der Waals surface area contributed by atoms with Crippen molar-refractivity contribution in [2.24, 2.45) is 0 Å². The first-order chi connectivity index (χ1) is 5.25. The molecule has 0 bridgehead atoms. The quantitative estimate of drug-likeness (QED) is 0.487. The maximum atomic E-state index is 10.7. The summed E-state index contributed by atoms with van der Waals surface area (Å²) in [5.41, 5.74) is 1.11. The molecule has 3 heteroatoms. The van der Waals surface area contributed by atoms with Crippen LogP contribution < -0.4 is 0 Å². The van der Waals surface area contributed by atoms with Gasteiger partial charge < -0.3 is 5.11 Å². The Balaban J connectivity index is 2.89. The first kappa shape index (κ1) is 8.34. The van der Waals surface area contributed by atoms with E-state index in [1.54, 1.807) is 6.08 Å².